The van der Waals surface area contributed by atoms with E-state index < -0.39 is 0 Å². The van der Waals surface area contributed by atoms with Crippen molar-refractivity contribution in [3.8, 4) is 0 Å². The Morgan fingerprint density at radius 1 is 1.00 bits per heavy atom. The van der Waals surface area contributed by atoms with Gasteiger partial charge in [0.25, 0.3) is 0 Å². The molecule has 2 aromatic carbocycles. The maximum Gasteiger partial charge on any atom is 0.163 e. The van der Waals surface area contributed by atoms with Crippen molar-refractivity contribution in [2.24, 2.45) is 5.92 Å². The van der Waals surface area contributed by atoms with Crippen molar-refractivity contribution in [2.75, 3.05) is 0 Å². The summed E-state index contributed by atoms with van der Waals surface area (Å²) < 4.78 is 0. The molecule has 0 saturated heterocycles. The minimum atomic E-state index is 0.238. The Hall–Kier alpha value is -1.89. The minimum Gasteiger partial charge on any atom is -0.294 e. The van der Waals surface area contributed by atoms with Crippen LogP contribution in [0.1, 0.15) is 47.3 Å². The Kier molecular flexibility index (Phi) is 5.32. The molecule has 2 aromatic rings. The third kappa shape index (κ3) is 4.86. The highest BCUT2D eigenvalue weighted by molar-refractivity contribution is 5.96. The molecule has 0 aliphatic carbocycles. The Morgan fingerprint density at radius 3 is 2.43 bits per heavy atom. The van der Waals surface area contributed by atoms with E-state index in [0.717, 1.165) is 18.4 Å². The highest BCUT2D eigenvalue weighted by Gasteiger charge is 2.08. The Labute approximate surface area is 128 Å². The fraction of sp³-hybridized carbons (Fsp3) is 0.350. The van der Waals surface area contributed by atoms with Crippen molar-refractivity contribution in [2.45, 2.75) is 40.0 Å². The number of ketones is 1. The molecule has 110 valence electrons. The summed E-state index contributed by atoms with van der Waals surface area (Å²) >= 11 is 0. The molecule has 0 spiro atoms. The molecule has 0 bridgehead atoms. The second-order valence-electron chi connectivity index (χ2n) is 6.21. The van der Waals surface area contributed by atoms with Gasteiger partial charge in [-0.1, -0.05) is 61.9 Å². The summed E-state index contributed by atoms with van der Waals surface area (Å²) in [6.45, 7) is 6.49. The molecular weight excluding hydrogens is 256 g/mol. The standard InChI is InChI=1S/C20H24O/c1-15(2)12-18-8-5-9-19(14-18)20(21)11-10-17-7-4-6-16(3)13-17/h4-9,13-15H,10-12H2,1-3H3. The molecule has 21 heavy (non-hydrogen) atoms. The maximum atomic E-state index is 12.3. The molecule has 0 aliphatic heterocycles. The molecule has 0 unspecified atom stereocenters. The second-order valence-corrected chi connectivity index (χ2v) is 6.21. The zero-order valence-electron chi connectivity index (χ0n) is 13.2. The molecular formula is C20H24O. The average molecular weight is 280 g/mol. The first-order valence-electron chi connectivity index (χ1n) is 7.72. The van der Waals surface area contributed by atoms with Crippen LogP contribution in [-0.2, 0) is 12.8 Å². The van der Waals surface area contributed by atoms with E-state index in [1.807, 2.05) is 12.1 Å². The van der Waals surface area contributed by atoms with Gasteiger partial charge in [-0.3, -0.25) is 4.79 Å². The van der Waals surface area contributed by atoms with Crippen LogP contribution in [0.4, 0.5) is 0 Å². The maximum absolute atomic E-state index is 12.3. The Balaban J connectivity index is 2.00. The van der Waals surface area contributed by atoms with Crippen molar-refractivity contribution < 1.29 is 4.79 Å². The van der Waals surface area contributed by atoms with Gasteiger partial charge in [-0.2, -0.15) is 0 Å². The molecule has 0 heterocycles. The molecule has 0 saturated carbocycles. The number of Topliss-reactive ketones (excluding diaryl/α,β-unsaturated/α-hetero) is 1. The third-order valence-electron chi connectivity index (χ3n) is 3.62. The first-order valence-corrected chi connectivity index (χ1v) is 7.72. The van der Waals surface area contributed by atoms with Crippen molar-refractivity contribution >= 4 is 5.78 Å². The van der Waals surface area contributed by atoms with Gasteiger partial charge in [0, 0.05) is 12.0 Å². The lowest BCUT2D eigenvalue weighted by Crippen LogP contribution is -2.03. The van der Waals surface area contributed by atoms with Gasteiger partial charge in [-0.15, -0.1) is 0 Å². The van der Waals surface area contributed by atoms with Crippen molar-refractivity contribution in [1.82, 2.24) is 0 Å². The molecule has 1 nitrogen and oxygen atoms in total. The Bertz CT molecular complexity index is 611. The largest absolute Gasteiger partial charge is 0.294 e. The first kappa shape index (κ1) is 15.5. The van der Waals surface area contributed by atoms with E-state index in [9.17, 15) is 4.79 Å². The third-order valence-corrected chi connectivity index (χ3v) is 3.62. The molecule has 0 radical (unpaired) electrons. The van der Waals surface area contributed by atoms with E-state index in [1.165, 1.54) is 16.7 Å². The molecule has 1 heteroatoms. The van der Waals surface area contributed by atoms with Crippen molar-refractivity contribution in [3.63, 3.8) is 0 Å². The van der Waals surface area contributed by atoms with Gasteiger partial charge in [-0.25, -0.2) is 0 Å². The van der Waals surface area contributed by atoms with E-state index in [-0.39, 0.29) is 5.78 Å². The fourth-order valence-electron chi connectivity index (χ4n) is 2.61. The molecule has 2 rings (SSSR count). The second kappa shape index (κ2) is 7.21. The predicted molar refractivity (Wildman–Crippen MR) is 88.8 cm³/mol. The lowest BCUT2D eigenvalue weighted by Gasteiger charge is -2.07. The first-order chi connectivity index (χ1) is 10.0. The number of hydrogen-bond donors (Lipinski definition) is 0. The minimum absolute atomic E-state index is 0.238. The summed E-state index contributed by atoms with van der Waals surface area (Å²) in [6, 6.07) is 16.5. The van der Waals surface area contributed by atoms with Crippen LogP contribution in [0, 0.1) is 12.8 Å². The van der Waals surface area contributed by atoms with Crippen LogP contribution in [0.2, 0.25) is 0 Å². The number of hydrogen-bond acceptors (Lipinski definition) is 1. The monoisotopic (exact) mass is 280 g/mol. The van der Waals surface area contributed by atoms with Gasteiger partial charge in [0.1, 0.15) is 0 Å². The molecule has 0 atom stereocenters. The summed E-state index contributed by atoms with van der Waals surface area (Å²) in [5.41, 5.74) is 4.59. The van der Waals surface area contributed by atoms with Gasteiger partial charge in [-0.05, 0) is 42.9 Å². The number of carbonyl (C=O) groups excluding carboxylic acids is 1. The van der Waals surface area contributed by atoms with Crippen LogP contribution in [0.3, 0.4) is 0 Å². The van der Waals surface area contributed by atoms with Crippen LogP contribution in [0.5, 0.6) is 0 Å². The molecule has 0 fully saturated rings. The fourth-order valence-corrected chi connectivity index (χ4v) is 2.61. The summed E-state index contributed by atoms with van der Waals surface area (Å²) in [4.78, 5) is 12.3. The van der Waals surface area contributed by atoms with Crippen LogP contribution in [0.15, 0.2) is 48.5 Å². The molecule has 0 N–H and O–H groups in total. The number of rotatable bonds is 6. The van der Waals surface area contributed by atoms with E-state index in [0.29, 0.717) is 12.3 Å². The van der Waals surface area contributed by atoms with Crippen LogP contribution in [0.25, 0.3) is 0 Å². The zero-order chi connectivity index (χ0) is 15.2. The van der Waals surface area contributed by atoms with Crippen LogP contribution < -0.4 is 0 Å². The van der Waals surface area contributed by atoms with Gasteiger partial charge >= 0.3 is 0 Å². The highest BCUT2D eigenvalue weighted by atomic mass is 16.1. The average Bonchev–Trinajstić information content (AvgIpc) is 2.44. The van der Waals surface area contributed by atoms with E-state index in [2.05, 4.69) is 57.2 Å². The lowest BCUT2D eigenvalue weighted by molar-refractivity contribution is 0.0982. The highest BCUT2D eigenvalue weighted by Crippen LogP contribution is 2.14. The number of benzene rings is 2. The predicted octanol–water partition coefficient (Wildman–Crippen LogP) is 5.01. The lowest BCUT2D eigenvalue weighted by atomic mass is 9.97. The molecule has 0 aromatic heterocycles. The van der Waals surface area contributed by atoms with E-state index in [1.54, 1.807) is 0 Å². The van der Waals surface area contributed by atoms with Gasteiger partial charge in [0.15, 0.2) is 5.78 Å². The Morgan fingerprint density at radius 2 is 1.71 bits per heavy atom. The van der Waals surface area contributed by atoms with Crippen molar-refractivity contribution in [1.29, 1.82) is 0 Å². The summed E-state index contributed by atoms with van der Waals surface area (Å²) in [7, 11) is 0. The number of aryl methyl sites for hydroxylation is 2. The van der Waals surface area contributed by atoms with Crippen molar-refractivity contribution in [3.05, 3.63) is 70.8 Å². The zero-order valence-corrected chi connectivity index (χ0v) is 13.2. The topological polar surface area (TPSA) is 17.1 Å². The number of carbonyl (C=O) groups is 1. The van der Waals surface area contributed by atoms with Crippen LogP contribution in [-0.4, -0.2) is 5.78 Å². The van der Waals surface area contributed by atoms with E-state index in [4.69, 9.17) is 0 Å². The summed E-state index contributed by atoms with van der Waals surface area (Å²) in [5.74, 6) is 0.852. The van der Waals surface area contributed by atoms with E-state index >= 15 is 0 Å². The summed E-state index contributed by atoms with van der Waals surface area (Å²) in [6.07, 6.45) is 2.42. The van der Waals surface area contributed by atoms with Crippen LogP contribution >= 0.6 is 0 Å². The SMILES string of the molecule is Cc1cccc(CCC(=O)c2cccc(CC(C)C)c2)c1. The molecule has 0 amide bonds. The normalized spacial score (nSPS) is 10.9. The van der Waals surface area contributed by atoms with Gasteiger partial charge in [0.05, 0.1) is 0 Å². The smallest absolute Gasteiger partial charge is 0.163 e. The quantitative estimate of drug-likeness (QED) is 0.680. The van der Waals surface area contributed by atoms with Gasteiger partial charge in [0.2, 0.25) is 0 Å². The molecule has 0 aliphatic rings. The van der Waals surface area contributed by atoms with Gasteiger partial charge < -0.3 is 0 Å². The summed E-state index contributed by atoms with van der Waals surface area (Å²) in [5, 5.41) is 0.